The molecule has 0 N–H and O–H groups in total. The van der Waals surface area contributed by atoms with Crippen LogP contribution in [0.15, 0.2) is 29.4 Å². The second-order valence-corrected chi connectivity index (χ2v) is 7.65. The van der Waals surface area contributed by atoms with Crippen molar-refractivity contribution in [1.29, 1.82) is 0 Å². The van der Waals surface area contributed by atoms with Gasteiger partial charge >= 0.3 is 0 Å². The van der Waals surface area contributed by atoms with Crippen molar-refractivity contribution >= 4 is 34.6 Å². The number of piperazine rings is 1. The van der Waals surface area contributed by atoms with Gasteiger partial charge < -0.3 is 14.4 Å². The van der Waals surface area contributed by atoms with Crippen molar-refractivity contribution in [2.24, 2.45) is 13.0 Å². The Morgan fingerprint density at radius 1 is 1.12 bits per heavy atom. The van der Waals surface area contributed by atoms with Crippen molar-refractivity contribution in [2.45, 2.75) is 18.0 Å². The van der Waals surface area contributed by atoms with E-state index in [1.165, 1.54) is 11.8 Å². The van der Waals surface area contributed by atoms with Crippen LogP contribution < -0.4 is 0 Å². The van der Waals surface area contributed by atoms with Crippen molar-refractivity contribution in [2.75, 3.05) is 31.9 Å². The van der Waals surface area contributed by atoms with Crippen LogP contribution in [0.4, 0.5) is 0 Å². The Morgan fingerprint density at radius 3 is 2.48 bits per heavy atom. The average molecular weight is 358 g/mol. The summed E-state index contributed by atoms with van der Waals surface area (Å²) in [6.07, 6.45) is 2.07. The second kappa shape index (κ2) is 6.71. The number of aromatic nitrogens is 2. The molecule has 6 nitrogen and oxygen atoms in total. The van der Waals surface area contributed by atoms with E-state index < -0.39 is 0 Å². The zero-order chi connectivity index (χ0) is 17.4. The lowest BCUT2D eigenvalue weighted by Crippen LogP contribution is -2.51. The highest BCUT2D eigenvalue weighted by Gasteiger charge is 2.35. The smallest absolute Gasteiger partial charge is 0.233 e. The number of fused-ring (bicyclic) bond motifs is 1. The molecule has 1 aliphatic carbocycles. The quantitative estimate of drug-likeness (QED) is 0.782. The lowest BCUT2D eigenvalue weighted by atomic mass is 10.2. The van der Waals surface area contributed by atoms with Crippen LogP contribution in [0.5, 0.6) is 0 Å². The molecule has 2 aromatic rings. The summed E-state index contributed by atoms with van der Waals surface area (Å²) < 4.78 is 2.03. The van der Waals surface area contributed by atoms with E-state index in [2.05, 4.69) is 4.98 Å². The first-order chi connectivity index (χ1) is 12.1. The van der Waals surface area contributed by atoms with E-state index in [-0.39, 0.29) is 17.7 Å². The highest BCUT2D eigenvalue weighted by molar-refractivity contribution is 7.99. The molecule has 7 heteroatoms. The van der Waals surface area contributed by atoms with Gasteiger partial charge in [-0.25, -0.2) is 4.98 Å². The Hall–Kier alpha value is -2.02. The van der Waals surface area contributed by atoms with E-state index in [9.17, 15) is 9.59 Å². The normalized spacial score (nSPS) is 18.0. The molecule has 1 saturated heterocycles. The van der Waals surface area contributed by atoms with Crippen LogP contribution in [0.3, 0.4) is 0 Å². The maximum Gasteiger partial charge on any atom is 0.233 e. The molecule has 0 spiro atoms. The number of rotatable bonds is 4. The monoisotopic (exact) mass is 358 g/mol. The van der Waals surface area contributed by atoms with Crippen LogP contribution in [0.1, 0.15) is 12.8 Å². The van der Waals surface area contributed by atoms with Gasteiger partial charge in [-0.2, -0.15) is 0 Å². The van der Waals surface area contributed by atoms with Gasteiger partial charge in [0.25, 0.3) is 0 Å². The fourth-order valence-electron chi connectivity index (χ4n) is 3.23. The summed E-state index contributed by atoms with van der Waals surface area (Å²) in [4.78, 5) is 32.9. The van der Waals surface area contributed by atoms with Crippen molar-refractivity contribution in [3.05, 3.63) is 24.3 Å². The Labute approximate surface area is 151 Å². The molecule has 2 amide bonds. The number of nitrogens with zero attached hydrogens (tertiary/aromatic N) is 4. The Balaban J connectivity index is 1.31. The number of aryl methyl sites for hydroxylation is 1. The molecule has 4 rings (SSSR count). The fourth-order valence-corrected chi connectivity index (χ4v) is 4.12. The molecule has 0 bridgehead atoms. The standard InChI is InChI=1S/C18H22N4O2S/c1-20-15-5-3-2-4-14(15)19-18(20)25-12-16(23)21-8-10-22(11-9-21)17(24)13-6-7-13/h2-5,13H,6-12H2,1H3. The molecular weight excluding hydrogens is 336 g/mol. The van der Waals surface area contributed by atoms with Crippen molar-refractivity contribution < 1.29 is 9.59 Å². The topological polar surface area (TPSA) is 58.4 Å². The molecule has 0 unspecified atom stereocenters. The highest BCUT2D eigenvalue weighted by atomic mass is 32.2. The number of imidazole rings is 1. The first-order valence-corrected chi connectivity index (χ1v) is 9.73. The van der Waals surface area contributed by atoms with Crippen molar-refractivity contribution in [1.82, 2.24) is 19.4 Å². The van der Waals surface area contributed by atoms with E-state index >= 15 is 0 Å². The maximum atomic E-state index is 12.5. The second-order valence-electron chi connectivity index (χ2n) is 6.71. The summed E-state index contributed by atoms with van der Waals surface area (Å²) in [5.74, 6) is 1.04. The number of benzene rings is 1. The fraction of sp³-hybridized carbons (Fsp3) is 0.500. The number of hydrogen-bond acceptors (Lipinski definition) is 4. The lowest BCUT2D eigenvalue weighted by molar-refractivity contribution is -0.139. The van der Waals surface area contributed by atoms with E-state index in [0.29, 0.717) is 31.9 Å². The largest absolute Gasteiger partial charge is 0.339 e. The number of amides is 2. The van der Waals surface area contributed by atoms with Crippen molar-refractivity contribution in [3.8, 4) is 0 Å². The Kier molecular flexibility index (Phi) is 4.41. The highest BCUT2D eigenvalue weighted by Crippen LogP contribution is 2.31. The van der Waals surface area contributed by atoms with Gasteiger partial charge in [-0.05, 0) is 25.0 Å². The van der Waals surface area contributed by atoms with Gasteiger partial charge in [0.2, 0.25) is 11.8 Å². The molecule has 1 aromatic heterocycles. The van der Waals surface area contributed by atoms with Gasteiger partial charge in [0.15, 0.2) is 5.16 Å². The minimum absolute atomic E-state index is 0.121. The number of thioether (sulfide) groups is 1. The molecule has 25 heavy (non-hydrogen) atoms. The minimum atomic E-state index is 0.121. The van der Waals surface area contributed by atoms with Crippen LogP contribution in [-0.4, -0.2) is 63.1 Å². The number of para-hydroxylation sites is 2. The molecule has 1 aromatic carbocycles. The van der Waals surface area contributed by atoms with E-state index in [1.807, 2.05) is 45.7 Å². The molecule has 2 fully saturated rings. The molecule has 1 aliphatic heterocycles. The predicted octanol–water partition coefficient (Wildman–Crippen LogP) is 1.75. The zero-order valence-electron chi connectivity index (χ0n) is 14.4. The van der Waals surface area contributed by atoms with Crippen LogP contribution in [0.25, 0.3) is 11.0 Å². The van der Waals surface area contributed by atoms with Gasteiger partial charge in [-0.15, -0.1) is 0 Å². The zero-order valence-corrected chi connectivity index (χ0v) is 15.2. The molecule has 1 saturated carbocycles. The van der Waals surface area contributed by atoms with Crippen LogP contribution in [0, 0.1) is 5.92 Å². The summed E-state index contributed by atoms with van der Waals surface area (Å²) >= 11 is 1.48. The summed E-state index contributed by atoms with van der Waals surface area (Å²) in [5.41, 5.74) is 2.02. The van der Waals surface area contributed by atoms with Gasteiger partial charge in [-0.3, -0.25) is 9.59 Å². The minimum Gasteiger partial charge on any atom is -0.339 e. The molecule has 132 valence electrons. The molecule has 2 heterocycles. The summed E-state index contributed by atoms with van der Waals surface area (Å²) in [5, 5.41) is 0.858. The van der Waals surface area contributed by atoms with Gasteiger partial charge in [0.05, 0.1) is 16.8 Å². The predicted molar refractivity (Wildman–Crippen MR) is 97.3 cm³/mol. The molecule has 0 radical (unpaired) electrons. The molecular formula is C18H22N4O2S. The summed E-state index contributed by atoms with van der Waals surface area (Å²) in [7, 11) is 1.98. The first kappa shape index (κ1) is 16.4. The summed E-state index contributed by atoms with van der Waals surface area (Å²) in [6.45, 7) is 2.61. The number of carbonyl (C=O) groups is 2. The first-order valence-electron chi connectivity index (χ1n) is 8.74. The number of hydrogen-bond donors (Lipinski definition) is 0. The SMILES string of the molecule is Cn1c(SCC(=O)N2CCN(C(=O)C3CC3)CC2)nc2ccccc21. The lowest BCUT2D eigenvalue weighted by Gasteiger charge is -2.34. The third kappa shape index (κ3) is 3.38. The Morgan fingerprint density at radius 2 is 1.80 bits per heavy atom. The van der Waals surface area contributed by atoms with Crippen LogP contribution in [0.2, 0.25) is 0 Å². The van der Waals surface area contributed by atoms with E-state index in [4.69, 9.17) is 0 Å². The maximum absolute atomic E-state index is 12.5. The van der Waals surface area contributed by atoms with Crippen LogP contribution in [-0.2, 0) is 16.6 Å². The Bertz CT molecular complexity index is 807. The third-order valence-corrected chi connectivity index (χ3v) is 5.96. The van der Waals surface area contributed by atoms with Gasteiger partial charge in [-0.1, -0.05) is 23.9 Å². The average Bonchev–Trinajstić information content (AvgIpc) is 3.45. The van der Waals surface area contributed by atoms with E-state index in [0.717, 1.165) is 29.0 Å². The number of carbonyl (C=O) groups excluding carboxylic acids is 2. The summed E-state index contributed by atoms with van der Waals surface area (Å²) in [6, 6.07) is 7.98. The van der Waals surface area contributed by atoms with Gasteiger partial charge in [0, 0.05) is 39.1 Å². The van der Waals surface area contributed by atoms with Crippen LogP contribution >= 0.6 is 11.8 Å². The van der Waals surface area contributed by atoms with Gasteiger partial charge in [0.1, 0.15) is 0 Å². The van der Waals surface area contributed by atoms with Crippen molar-refractivity contribution in [3.63, 3.8) is 0 Å². The van der Waals surface area contributed by atoms with E-state index in [1.54, 1.807) is 0 Å². The molecule has 2 aliphatic rings. The molecule has 0 atom stereocenters. The third-order valence-electron chi connectivity index (χ3n) is 4.94.